The maximum atomic E-state index is 12.0. The molecular formula is C17H17N3O4. The van der Waals surface area contributed by atoms with Crippen molar-refractivity contribution in [2.45, 2.75) is 6.92 Å². The van der Waals surface area contributed by atoms with Gasteiger partial charge in [0.25, 0.3) is 5.91 Å². The quantitative estimate of drug-likeness (QED) is 0.578. The molecule has 2 rings (SSSR count). The molecule has 0 aromatic heterocycles. The van der Waals surface area contributed by atoms with Crippen molar-refractivity contribution in [1.82, 2.24) is 5.43 Å². The maximum Gasteiger partial charge on any atom is 0.271 e. The predicted octanol–water partition coefficient (Wildman–Crippen LogP) is 2.12. The van der Waals surface area contributed by atoms with E-state index in [1.54, 1.807) is 36.4 Å². The summed E-state index contributed by atoms with van der Waals surface area (Å²) in [7, 11) is 1.46. The lowest BCUT2D eigenvalue weighted by Gasteiger charge is -2.04. The normalized spacial score (nSPS) is 10.4. The van der Waals surface area contributed by atoms with Crippen molar-refractivity contribution in [1.29, 1.82) is 0 Å². The van der Waals surface area contributed by atoms with E-state index in [9.17, 15) is 14.7 Å². The van der Waals surface area contributed by atoms with E-state index in [4.69, 9.17) is 4.74 Å². The van der Waals surface area contributed by atoms with Gasteiger partial charge >= 0.3 is 0 Å². The molecule has 2 aromatic carbocycles. The first-order chi connectivity index (χ1) is 11.5. The Morgan fingerprint density at radius 2 is 1.88 bits per heavy atom. The molecule has 2 amide bonds. The molecule has 0 saturated carbocycles. The molecule has 124 valence electrons. The molecule has 2 aromatic rings. The van der Waals surface area contributed by atoms with Gasteiger partial charge in [0, 0.05) is 18.2 Å². The number of ether oxygens (including phenoxy) is 1. The topological polar surface area (TPSA) is 100 Å². The zero-order valence-corrected chi connectivity index (χ0v) is 13.2. The van der Waals surface area contributed by atoms with Crippen LogP contribution in [0.4, 0.5) is 5.69 Å². The molecule has 3 N–H and O–H groups in total. The molecule has 0 aliphatic carbocycles. The molecule has 7 nitrogen and oxygen atoms in total. The molecule has 0 fully saturated rings. The first kappa shape index (κ1) is 17.0. The Labute approximate surface area is 139 Å². The first-order valence-corrected chi connectivity index (χ1v) is 7.07. The van der Waals surface area contributed by atoms with Crippen molar-refractivity contribution < 1.29 is 19.4 Å². The predicted molar refractivity (Wildman–Crippen MR) is 90.5 cm³/mol. The van der Waals surface area contributed by atoms with Gasteiger partial charge in [-0.1, -0.05) is 0 Å². The van der Waals surface area contributed by atoms with Crippen LogP contribution in [0.2, 0.25) is 0 Å². The van der Waals surface area contributed by atoms with E-state index in [1.165, 1.54) is 26.3 Å². The SMILES string of the molecule is COc1ccc(/C=N/NC(=O)c2ccc(NC(C)=O)cc2)cc1O. The fourth-order valence-electron chi connectivity index (χ4n) is 1.93. The van der Waals surface area contributed by atoms with Crippen molar-refractivity contribution in [3.63, 3.8) is 0 Å². The third kappa shape index (κ3) is 4.57. The number of carbonyl (C=O) groups is 2. The average Bonchev–Trinajstić information content (AvgIpc) is 2.55. The van der Waals surface area contributed by atoms with E-state index in [0.29, 0.717) is 22.6 Å². The first-order valence-electron chi connectivity index (χ1n) is 7.07. The molecule has 0 unspecified atom stereocenters. The van der Waals surface area contributed by atoms with Crippen molar-refractivity contribution in [3.8, 4) is 11.5 Å². The average molecular weight is 327 g/mol. The Bertz CT molecular complexity index is 770. The van der Waals surface area contributed by atoms with Gasteiger partial charge in [0.05, 0.1) is 13.3 Å². The van der Waals surface area contributed by atoms with E-state index < -0.39 is 5.91 Å². The molecule has 0 aliphatic heterocycles. The lowest BCUT2D eigenvalue weighted by molar-refractivity contribution is -0.114. The molecule has 0 saturated heterocycles. The van der Waals surface area contributed by atoms with Crippen LogP contribution >= 0.6 is 0 Å². The Morgan fingerprint density at radius 3 is 2.46 bits per heavy atom. The summed E-state index contributed by atoms with van der Waals surface area (Å²) in [6, 6.07) is 11.2. The number of aromatic hydroxyl groups is 1. The number of phenols is 1. The highest BCUT2D eigenvalue weighted by molar-refractivity contribution is 5.96. The van der Waals surface area contributed by atoms with Crippen molar-refractivity contribution in [3.05, 3.63) is 53.6 Å². The van der Waals surface area contributed by atoms with Crippen LogP contribution in [-0.2, 0) is 4.79 Å². The fourth-order valence-corrected chi connectivity index (χ4v) is 1.93. The zero-order valence-electron chi connectivity index (χ0n) is 13.2. The van der Waals surface area contributed by atoms with Crippen LogP contribution in [0.25, 0.3) is 0 Å². The summed E-state index contributed by atoms with van der Waals surface area (Å²) in [5.74, 6) is -0.227. The molecule has 0 radical (unpaired) electrons. The standard InChI is InChI=1S/C17H17N3O4/c1-11(21)19-14-6-4-13(5-7-14)17(23)20-18-10-12-3-8-16(24-2)15(22)9-12/h3-10,22H,1-2H3,(H,19,21)(H,20,23)/b18-10+. The molecule has 24 heavy (non-hydrogen) atoms. The minimum atomic E-state index is -0.390. The Balaban J connectivity index is 1.97. The minimum absolute atomic E-state index is 0.0127. The maximum absolute atomic E-state index is 12.0. The van der Waals surface area contributed by atoms with Crippen LogP contribution in [0, 0.1) is 0 Å². The van der Waals surface area contributed by atoms with Gasteiger partial charge in [-0.15, -0.1) is 0 Å². The minimum Gasteiger partial charge on any atom is -0.504 e. The van der Waals surface area contributed by atoms with Gasteiger partial charge in [-0.25, -0.2) is 5.43 Å². The van der Waals surface area contributed by atoms with E-state index >= 15 is 0 Å². The molecular weight excluding hydrogens is 310 g/mol. The monoisotopic (exact) mass is 327 g/mol. The van der Waals surface area contributed by atoms with Crippen LogP contribution in [0.3, 0.4) is 0 Å². The summed E-state index contributed by atoms with van der Waals surface area (Å²) in [6.45, 7) is 1.41. The van der Waals surface area contributed by atoms with Gasteiger partial charge in [-0.05, 0) is 48.0 Å². The van der Waals surface area contributed by atoms with E-state index in [1.807, 2.05) is 0 Å². The molecule has 0 spiro atoms. The summed E-state index contributed by atoms with van der Waals surface area (Å²) in [6.07, 6.45) is 1.41. The number of phenolic OH excluding ortho intramolecular Hbond substituents is 1. The van der Waals surface area contributed by atoms with Crippen LogP contribution in [-0.4, -0.2) is 30.2 Å². The summed E-state index contributed by atoms with van der Waals surface area (Å²) >= 11 is 0. The van der Waals surface area contributed by atoms with Gasteiger partial charge in [-0.3, -0.25) is 9.59 Å². The molecule has 0 atom stereocenters. The second-order valence-corrected chi connectivity index (χ2v) is 4.89. The van der Waals surface area contributed by atoms with Crippen LogP contribution in [0.1, 0.15) is 22.8 Å². The van der Waals surface area contributed by atoms with Gasteiger partial charge in [0.1, 0.15) is 0 Å². The number of anilines is 1. The van der Waals surface area contributed by atoms with Gasteiger partial charge in [0.15, 0.2) is 11.5 Å². The summed E-state index contributed by atoms with van der Waals surface area (Å²) < 4.78 is 4.94. The molecule has 0 bridgehead atoms. The van der Waals surface area contributed by atoms with E-state index in [2.05, 4.69) is 15.8 Å². The number of amides is 2. The molecule has 7 heteroatoms. The number of nitrogens with zero attached hydrogens (tertiary/aromatic N) is 1. The second kappa shape index (κ2) is 7.77. The highest BCUT2D eigenvalue weighted by atomic mass is 16.5. The number of carbonyl (C=O) groups excluding carboxylic acids is 2. The number of hydrazone groups is 1. The van der Waals surface area contributed by atoms with Gasteiger partial charge in [0.2, 0.25) is 5.91 Å². The third-order valence-electron chi connectivity index (χ3n) is 3.05. The van der Waals surface area contributed by atoms with Crippen molar-refractivity contribution >= 4 is 23.7 Å². The Morgan fingerprint density at radius 1 is 1.17 bits per heavy atom. The molecule has 0 heterocycles. The van der Waals surface area contributed by atoms with Crippen LogP contribution < -0.4 is 15.5 Å². The Hall–Kier alpha value is -3.35. The third-order valence-corrected chi connectivity index (χ3v) is 3.05. The fraction of sp³-hybridized carbons (Fsp3) is 0.118. The van der Waals surface area contributed by atoms with Crippen LogP contribution in [0.15, 0.2) is 47.6 Å². The zero-order chi connectivity index (χ0) is 17.5. The van der Waals surface area contributed by atoms with Crippen LogP contribution in [0.5, 0.6) is 11.5 Å². The lowest BCUT2D eigenvalue weighted by atomic mass is 10.2. The number of hydrogen-bond acceptors (Lipinski definition) is 5. The van der Waals surface area contributed by atoms with Crippen molar-refractivity contribution in [2.24, 2.45) is 5.10 Å². The number of rotatable bonds is 5. The van der Waals surface area contributed by atoms with Gasteiger partial charge < -0.3 is 15.2 Å². The second-order valence-electron chi connectivity index (χ2n) is 4.89. The van der Waals surface area contributed by atoms with Crippen molar-refractivity contribution in [2.75, 3.05) is 12.4 Å². The summed E-state index contributed by atoms with van der Waals surface area (Å²) in [5, 5.41) is 16.1. The smallest absolute Gasteiger partial charge is 0.271 e. The summed E-state index contributed by atoms with van der Waals surface area (Å²) in [4.78, 5) is 22.9. The molecule has 0 aliphatic rings. The van der Waals surface area contributed by atoms with E-state index in [-0.39, 0.29) is 11.7 Å². The highest BCUT2D eigenvalue weighted by Gasteiger charge is 2.05. The largest absolute Gasteiger partial charge is 0.504 e. The Kier molecular flexibility index (Phi) is 5.51. The van der Waals surface area contributed by atoms with E-state index in [0.717, 1.165) is 0 Å². The number of nitrogens with one attached hydrogen (secondary N) is 2. The number of methoxy groups -OCH3 is 1. The highest BCUT2D eigenvalue weighted by Crippen LogP contribution is 2.25. The number of hydrogen-bond donors (Lipinski definition) is 3. The number of benzene rings is 2. The summed E-state index contributed by atoms with van der Waals surface area (Å²) in [5.41, 5.74) is 4.00. The lowest BCUT2D eigenvalue weighted by Crippen LogP contribution is -2.17. The van der Waals surface area contributed by atoms with Gasteiger partial charge in [-0.2, -0.15) is 5.10 Å².